The number of amides is 1. The number of β-lactam (4-membered cyclic amide) rings is 1. The molecule has 1 aliphatic rings. The maximum Gasteiger partial charge on any atom is 0.239 e. The van der Waals surface area contributed by atoms with Gasteiger partial charge in [0, 0.05) is 17.4 Å². The van der Waals surface area contributed by atoms with E-state index in [1.165, 1.54) is 0 Å². The molecular weight excluding hydrogens is 278 g/mol. The first-order valence-corrected chi connectivity index (χ1v) is 7.78. The Bertz CT molecular complexity index is 641. The average Bonchev–Trinajstić information content (AvgIpc) is 2.55. The molecule has 1 heterocycles. The minimum absolute atomic E-state index is 0.00217. The first kappa shape index (κ1) is 14.0. The van der Waals surface area contributed by atoms with Crippen LogP contribution in [0, 0.1) is 0 Å². The van der Waals surface area contributed by atoms with Gasteiger partial charge in [-0.3, -0.25) is 4.79 Å². The fourth-order valence-electron chi connectivity index (χ4n) is 2.69. The molecule has 0 aromatic heterocycles. The van der Waals surface area contributed by atoms with Crippen LogP contribution in [-0.4, -0.2) is 17.2 Å². The van der Waals surface area contributed by atoms with Crippen molar-refractivity contribution in [1.82, 2.24) is 5.32 Å². The smallest absolute Gasteiger partial charge is 0.239 e. The summed E-state index contributed by atoms with van der Waals surface area (Å²) in [4.78, 5) is 13.5. The number of thioether (sulfide) groups is 1. The third-order valence-corrected chi connectivity index (χ3v) is 5.29. The van der Waals surface area contributed by atoms with E-state index in [1.807, 2.05) is 54.6 Å². The second kappa shape index (κ2) is 5.78. The van der Waals surface area contributed by atoms with E-state index in [4.69, 9.17) is 0 Å². The van der Waals surface area contributed by atoms with Gasteiger partial charge >= 0.3 is 0 Å². The summed E-state index contributed by atoms with van der Waals surface area (Å²) in [6.07, 6.45) is 1.89. The molecule has 2 aromatic carbocycles. The number of benzene rings is 2. The van der Waals surface area contributed by atoms with Gasteiger partial charge in [0.15, 0.2) is 0 Å². The number of rotatable bonds is 5. The topological polar surface area (TPSA) is 29.1 Å². The molecule has 106 valence electrons. The number of hydrogen-bond acceptors (Lipinski definition) is 2. The maximum atomic E-state index is 12.4. The summed E-state index contributed by atoms with van der Waals surface area (Å²) in [5.74, 6) is 0.0859. The number of carbonyl (C=O) groups is 1. The summed E-state index contributed by atoms with van der Waals surface area (Å²) in [5.41, 5.74) is 1.13. The van der Waals surface area contributed by atoms with E-state index >= 15 is 0 Å². The molecule has 3 rings (SSSR count). The van der Waals surface area contributed by atoms with Crippen LogP contribution in [0.2, 0.25) is 0 Å². The van der Waals surface area contributed by atoms with Crippen LogP contribution in [0.25, 0.3) is 0 Å². The van der Waals surface area contributed by atoms with E-state index < -0.39 is 4.75 Å². The minimum Gasteiger partial charge on any atom is -0.353 e. The Morgan fingerprint density at radius 1 is 1.10 bits per heavy atom. The van der Waals surface area contributed by atoms with Gasteiger partial charge in [0.1, 0.15) is 4.75 Å². The van der Waals surface area contributed by atoms with Crippen molar-refractivity contribution < 1.29 is 4.79 Å². The summed E-state index contributed by atoms with van der Waals surface area (Å²) in [6.45, 7) is 4.63. The lowest BCUT2D eigenvalue weighted by molar-refractivity contribution is -0.129. The zero-order valence-corrected chi connectivity index (χ0v) is 12.5. The fourth-order valence-corrected chi connectivity index (χ4v) is 4.07. The van der Waals surface area contributed by atoms with Gasteiger partial charge in [-0.05, 0) is 17.7 Å². The monoisotopic (exact) mass is 295 g/mol. The Hall–Kier alpha value is -2.00. The summed E-state index contributed by atoms with van der Waals surface area (Å²) < 4.78 is -0.496. The first-order valence-electron chi connectivity index (χ1n) is 6.96. The van der Waals surface area contributed by atoms with E-state index in [0.29, 0.717) is 6.54 Å². The standard InChI is InChI=1S/C18H17NOS/c1-2-16(14-9-5-3-6-10-14)18(13-19-17(18)20)21-15-11-7-4-8-12-15/h2-12,16H,1,13H2,(H,19,20). The molecule has 0 bridgehead atoms. The number of hydrogen-bond donors (Lipinski definition) is 1. The molecule has 1 fully saturated rings. The average molecular weight is 295 g/mol. The van der Waals surface area contributed by atoms with Crippen molar-refractivity contribution >= 4 is 17.7 Å². The molecule has 21 heavy (non-hydrogen) atoms. The second-order valence-corrected chi connectivity index (χ2v) is 6.52. The van der Waals surface area contributed by atoms with Gasteiger partial charge in [-0.2, -0.15) is 0 Å². The predicted molar refractivity (Wildman–Crippen MR) is 87.4 cm³/mol. The molecule has 1 aliphatic heterocycles. The van der Waals surface area contributed by atoms with Gasteiger partial charge in [0.2, 0.25) is 5.91 Å². The third-order valence-electron chi connectivity index (χ3n) is 3.84. The fraction of sp³-hybridized carbons (Fsp3) is 0.167. The normalized spacial score (nSPS) is 22.0. The van der Waals surface area contributed by atoms with Crippen LogP contribution >= 0.6 is 11.8 Å². The highest BCUT2D eigenvalue weighted by Crippen LogP contribution is 2.47. The largest absolute Gasteiger partial charge is 0.353 e. The molecule has 3 heteroatoms. The van der Waals surface area contributed by atoms with E-state index in [-0.39, 0.29) is 11.8 Å². The number of carbonyl (C=O) groups excluding carboxylic acids is 1. The van der Waals surface area contributed by atoms with Crippen LogP contribution in [0.4, 0.5) is 0 Å². The van der Waals surface area contributed by atoms with E-state index in [2.05, 4.69) is 24.0 Å². The Balaban J connectivity index is 1.97. The maximum absolute atomic E-state index is 12.4. The van der Waals surface area contributed by atoms with E-state index in [9.17, 15) is 4.79 Å². The van der Waals surface area contributed by atoms with E-state index in [1.54, 1.807) is 11.8 Å². The Morgan fingerprint density at radius 3 is 2.19 bits per heavy atom. The molecule has 0 spiro atoms. The molecule has 0 aliphatic carbocycles. The summed E-state index contributed by atoms with van der Waals surface area (Å²) in [6, 6.07) is 20.2. The van der Waals surface area contributed by atoms with Crippen LogP contribution in [-0.2, 0) is 4.79 Å². The van der Waals surface area contributed by atoms with Gasteiger partial charge < -0.3 is 5.32 Å². The molecule has 2 unspecified atom stereocenters. The molecule has 1 amide bonds. The number of nitrogens with one attached hydrogen (secondary N) is 1. The molecule has 1 saturated heterocycles. The predicted octanol–water partition coefficient (Wildman–Crippen LogP) is 3.62. The molecule has 2 nitrogen and oxygen atoms in total. The zero-order valence-electron chi connectivity index (χ0n) is 11.7. The van der Waals surface area contributed by atoms with Crippen LogP contribution in [0.1, 0.15) is 11.5 Å². The first-order chi connectivity index (χ1) is 10.3. The van der Waals surface area contributed by atoms with Crippen molar-refractivity contribution in [3.8, 4) is 0 Å². The molecule has 0 radical (unpaired) electrons. The minimum atomic E-state index is -0.496. The van der Waals surface area contributed by atoms with Crippen molar-refractivity contribution in [3.63, 3.8) is 0 Å². The molecule has 2 atom stereocenters. The highest BCUT2D eigenvalue weighted by atomic mass is 32.2. The summed E-state index contributed by atoms with van der Waals surface area (Å²) in [7, 11) is 0. The van der Waals surface area contributed by atoms with Gasteiger partial charge in [-0.15, -0.1) is 18.3 Å². The zero-order chi connectivity index (χ0) is 14.7. The van der Waals surface area contributed by atoms with Gasteiger partial charge in [0.05, 0.1) is 0 Å². The van der Waals surface area contributed by atoms with Crippen LogP contribution in [0.15, 0.2) is 78.2 Å². The summed E-state index contributed by atoms with van der Waals surface area (Å²) in [5, 5.41) is 2.90. The van der Waals surface area contributed by atoms with Gasteiger partial charge in [0.25, 0.3) is 0 Å². The molecule has 0 saturated carbocycles. The number of allylic oxidation sites excluding steroid dienone is 1. The van der Waals surface area contributed by atoms with Gasteiger partial charge in [-0.1, -0.05) is 54.6 Å². The highest BCUT2D eigenvalue weighted by molar-refractivity contribution is 8.01. The lowest BCUT2D eigenvalue weighted by Gasteiger charge is -2.45. The Kier molecular flexibility index (Phi) is 3.84. The van der Waals surface area contributed by atoms with Crippen molar-refractivity contribution in [1.29, 1.82) is 0 Å². The SMILES string of the molecule is C=CC(c1ccccc1)C1(Sc2ccccc2)CNC1=O. The summed E-state index contributed by atoms with van der Waals surface area (Å²) >= 11 is 1.63. The molecular formula is C18H17NOS. The van der Waals surface area contributed by atoms with Gasteiger partial charge in [-0.25, -0.2) is 0 Å². The van der Waals surface area contributed by atoms with Crippen molar-refractivity contribution in [3.05, 3.63) is 78.9 Å². The lowest BCUT2D eigenvalue weighted by atomic mass is 9.80. The van der Waals surface area contributed by atoms with Crippen molar-refractivity contribution in [2.75, 3.05) is 6.54 Å². The highest BCUT2D eigenvalue weighted by Gasteiger charge is 2.52. The quantitative estimate of drug-likeness (QED) is 0.674. The second-order valence-electron chi connectivity index (χ2n) is 5.11. The Labute approximate surface area is 129 Å². The molecule has 1 N–H and O–H groups in total. The van der Waals surface area contributed by atoms with Crippen molar-refractivity contribution in [2.45, 2.75) is 15.6 Å². The van der Waals surface area contributed by atoms with Crippen LogP contribution in [0.5, 0.6) is 0 Å². The van der Waals surface area contributed by atoms with E-state index in [0.717, 1.165) is 10.5 Å². The van der Waals surface area contributed by atoms with Crippen LogP contribution in [0.3, 0.4) is 0 Å². The third kappa shape index (κ3) is 2.49. The molecule has 2 aromatic rings. The van der Waals surface area contributed by atoms with Crippen molar-refractivity contribution in [2.24, 2.45) is 0 Å². The van der Waals surface area contributed by atoms with Crippen LogP contribution < -0.4 is 5.32 Å². The Morgan fingerprint density at radius 2 is 1.71 bits per heavy atom. The lowest BCUT2D eigenvalue weighted by Crippen LogP contribution is -2.65.